The number of fused-ring (bicyclic) bond motifs is 1. The molecule has 0 atom stereocenters. The highest BCUT2D eigenvalue weighted by Crippen LogP contribution is 2.32. The number of carbonyl (C=O) groups excluding carboxylic acids is 1. The van der Waals surface area contributed by atoms with Gasteiger partial charge >= 0.3 is 5.97 Å². The highest BCUT2D eigenvalue weighted by molar-refractivity contribution is 6.30. The Morgan fingerprint density at radius 1 is 1.04 bits per heavy atom. The minimum Gasteiger partial charge on any atom is -0.497 e. The normalized spacial score (nSPS) is 10.6. The summed E-state index contributed by atoms with van der Waals surface area (Å²) in [5.74, 6) is 0.248. The summed E-state index contributed by atoms with van der Waals surface area (Å²) in [7, 11) is 2.95. The molecule has 0 unspecified atom stereocenters. The number of rotatable bonds is 3. The number of methoxy groups -OCH3 is 2. The molecule has 0 spiro atoms. The Hall–Kier alpha value is -2.59. The van der Waals surface area contributed by atoms with Crippen LogP contribution in [0.25, 0.3) is 22.0 Å². The predicted octanol–water partition coefficient (Wildman–Crippen LogP) is 4.35. The van der Waals surface area contributed by atoms with Gasteiger partial charge in [0.2, 0.25) is 0 Å². The van der Waals surface area contributed by atoms with Crippen molar-refractivity contribution in [3.05, 3.63) is 59.2 Å². The van der Waals surface area contributed by atoms with Gasteiger partial charge in [-0.1, -0.05) is 23.7 Å². The van der Waals surface area contributed by atoms with Gasteiger partial charge in [-0.25, -0.2) is 9.78 Å². The summed E-state index contributed by atoms with van der Waals surface area (Å²) in [4.78, 5) is 16.3. The van der Waals surface area contributed by atoms with Crippen molar-refractivity contribution in [2.24, 2.45) is 0 Å². The van der Waals surface area contributed by atoms with Crippen molar-refractivity contribution in [1.82, 2.24) is 4.98 Å². The molecule has 5 heteroatoms. The summed E-state index contributed by atoms with van der Waals surface area (Å²) in [6, 6.07) is 14.7. The number of halogens is 1. The van der Waals surface area contributed by atoms with Gasteiger partial charge in [-0.15, -0.1) is 0 Å². The van der Waals surface area contributed by atoms with Gasteiger partial charge < -0.3 is 9.47 Å². The maximum absolute atomic E-state index is 11.9. The average molecular weight is 328 g/mol. The molecule has 0 bridgehead atoms. The first kappa shape index (κ1) is 15.3. The second kappa shape index (κ2) is 6.26. The highest BCUT2D eigenvalue weighted by atomic mass is 35.5. The van der Waals surface area contributed by atoms with Crippen molar-refractivity contribution in [3.63, 3.8) is 0 Å². The molecule has 0 saturated heterocycles. The van der Waals surface area contributed by atoms with Crippen LogP contribution in [0, 0.1) is 0 Å². The molecule has 1 aromatic heterocycles. The molecule has 0 aliphatic carbocycles. The predicted molar refractivity (Wildman–Crippen MR) is 90.1 cm³/mol. The molecule has 0 radical (unpaired) electrons. The quantitative estimate of drug-likeness (QED) is 0.671. The van der Waals surface area contributed by atoms with Gasteiger partial charge in [-0.3, -0.25) is 0 Å². The van der Waals surface area contributed by atoms with Crippen LogP contribution in [-0.4, -0.2) is 25.2 Å². The highest BCUT2D eigenvalue weighted by Gasteiger charge is 2.14. The molecule has 0 aliphatic heterocycles. The molecule has 0 amide bonds. The summed E-state index contributed by atoms with van der Waals surface area (Å²) in [5.41, 5.74) is 2.75. The van der Waals surface area contributed by atoms with E-state index in [9.17, 15) is 4.79 Å². The molecular formula is C18H14ClNO3. The standard InChI is InChI=1S/C18H14ClNO3/c1-22-13-7-8-16-15(9-13)14(10-17(20-16)18(21)23-2)11-3-5-12(19)6-4-11/h3-10H,1-2H3. The van der Waals surface area contributed by atoms with Gasteiger partial charge in [-0.05, 0) is 47.5 Å². The van der Waals surface area contributed by atoms with Crippen molar-refractivity contribution in [1.29, 1.82) is 0 Å². The molecule has 4 nitrogen and oxygen atoms in total. The lowest BCUT2D eigenvalue weighted by molar-refractivity contribution is 0.0594. The van der Waals surface area contributed by atoms with Gasteiger partial charge in [0.15, 0.2) is 0 Å². The van der Waals surface area contributed by atoms with Crippen LogP contribution in [0.5, 0.6) is 5.75 Å². The molecular weight excluding hydrogens is 314 g/mol. The number of hydrogen-bond donors (Lipinski definition) is 0. The maximum atomic E-state index is 11.9. The molecule has 0 aliphatic rings. The lowest BCUT2D eigenvalue weighted by Crippen LogP contribution is -2.05. The third-order valence-corrected chi connectivity index (χ3v) is 3.82. The van der Waals surface area contributed by atoms with E-state index in [0.717, 1.165) is 22.3 Å². The molecule has 0 fully saturated rings. The molecule has 1 heterocycles. The Morgan fingerprint density at radius 3 is 2.43 bits per heavy atom. The third-order valence-electron chi connectivity index (χ3n) is 3.57. The van der Waals surface area contributed by atoms with E-state index in [1.165, 1.54) is 7.11 Å². The largest absolute Gasteiger partial charge is 0.497 e. The van der Waals surface area contributed by atoms with Crippen LogP contribution in [0.3, 0.4) is 0 Å². The third kappa shape index (κ3) is 2.98. The summed E-state index contributed by atoms with van der Waals surface area (Å²) in [6.45, 7) is 0. The Bertz CT molecular complexity index is 875. The number of esters is 1. The first-order valence-corrected chi connectivity index (χ1v) is 7.33. The number of benzene rings is 2. The van der Waals surface area contributed by atoms with Gasteiger partial charge in [0.05, 0.1) is 19.7 Å². The van der Waals surface area contributed by atoms with E-state index < -0.39 is 5.97 Å². The zero-order valence-electron chi connectivity index (χ0n) is 12.7. The minimum absolute atomic E-state index is 0.259. The second-order valence-electron chi connectivity index (χ2n) is 4.94. The van der Waals surface area contributed by atoms with Crippen LogP contribution in [0.15, 0.2) is 48.5 Å². The summed E-state index contributed by atoms with van der Waals surface area (Å²) in [5, 5.41) is 1.54. The zero-order valence-corrected chi connectivity index (χ0v) is 13.4. The smallest absolute Gasteiger partial charge is 0.356 e. The van der Waals surface area contributed by atoms with Crippen LogP contribution in [0.1, 0.15) is 10.5 Å². The first-order chi connectivity index (χ1) is 11.1. The van der Waals surface area contributed by atoms with Crippen molar-refractivity contribution < 1.29 is 14.3 Å². The average Bonchev–Trinajstić information content (AvgIpc) is 2.60. The molecule has 0 N–H and O–H groups in total. The summed E-state index contributed by atoms with van der Waals surface area (Å²) >= 11 is 5.96. The minimum atomic E-state index is -0.474. The van der Waals surface area contributed by atoms with Crippen molar-refractivity contribution in [2.75, 3.05) is 14.2 Å². The summed E-state index contributed by atoms with van der Waals surface area (Å²) < 4.78 is 10.1. The van der Waals surface area contributed by atoms with Crippen molar-refractivity contribution in [3.8, 4) is 16.9 Å². The fourth-order valence-electron chi connectivity index (χ4n) is 2.41. The summed E-state index contributed by atoms with van der Waals surface area (Å²) in [6.07, 6.45) is 0. The Labute approximate surface area is 138 Å². The van der Waals surface area contributed by atoms with E-state index in [1.807, 2.05) is 30.3 Å². The van der Waals surface area contributed by atoms with Gasteiger partial charge in [0, 0.05) is 10.4 Å². The fraction of sp³-hybridized carbons (Fsp3) is 0.111. The Balaban J connectivity index is 2.30. The van der Waals surface area contributed by atoms with Crippen LogP contribution in [0.2, 0.25) is 5.02 Å². The van der Waals surface area contributed by atoms with Crippen LogP contribution in [0.4, 0.5) is 0 Å². The zero-order chi connectivity index (χ0) is 16.4. The Kier molecular flexibility index (Phi) is 4.17. The van der Waals surface area contributed by atoms with E-state index in [1.54, 1.807) is 25.3 Å². The van der Waals surface area contributed by atoms with E-state index in [2.05, 4.69) is 4.98 Å². The number of pyridine rings is 1. The monoisotopic (exact) mass is 327 g/mol. The lowest BCUT2D eigenvalue weighted by Gasteiger charge is -2.10. The van der Waals surface area contributed by atoms with Crippen molar-refractivity contribution in [2.45, 2.75) is 0 Å². The maximum Gasteiger partial charge on any atom is 0.356 e. The SMILES string of the molecule is COC(=O)c1cc(-c2ccc(Cl)cc2)c2cc(OC)ccc2n1. The number of nitrogens with zero attached hydrogens (tertiary/aromatic N) is 1. The fourth-order valence-corrected chi connectivity index (χ4v) is 2.54. The van der Waals surface area contributed by atoms with E-state index in [-0.39, 0.29) is 5.69 Å². The number of hydrogen-bond acceptors (Lipinski definition) is 4. The molecule has 0 saturated carbocycles. The number of carbonyl (C=O) groups is 1. The van der Waals surface area contributed by atoms with Gasteiger partial charge in [0.25, 0.3) is 0 Å². The van der Waals surface area contributed by atoms with Gasteiger partial charge in [0.1, 0.15) is 11.4 Å². The molecule has 3 aromatic rings. The van der Waals surface area contributed by atoms with Crippen LogP contribution in [-0.2, 0) is 4.74 Å². The first-order valence-electron chi connectivity index (χ1n) is 6.95. The molecule has 2 aromatic carbocycles. The second-order valence-corrected chi connectivity index (χ2v) is 5.37. The Morgan fingerprint density at radius 2 is 1.78 bits per heavy atom. The lowest BCUT2D eigenvalue weighted by atomic mass is 10.00. The molecule has 23 heavy (non-hydrogen) atoms. The van der Waals surface area contributed by atoms with E-state index >= 15 is 0 Å². The van der Waals surface area contributed by atoms with Crippen molar-refractivity contribution >= 4 is 28.5 Å². The van der Waals surface area contributed by atoms with E-state index in [0.29, 0.717) is 10.5 Å². The number of ether oxygens (including phenoxy) is 2. The van der Waals surface area contributed by atoms with Crippen LogP contribution < -0.4 is 4.74 Å². The number of aromatic nitrogens is 1. The van der Waals surface area contributed by atoms with Crippen LogP contribution >= 0.6 is 11.6 Å². The molecule has 3 rings (SSSR count). The van der Waals surface area contributed by atoms with Gasteiger partial charge in [-0.2, -0.15) is 0 Å². The topological polar surface area (TPSA) is 48.4 Å². The van der Waals surface area contributed by atoms with E-state index in [4.69, 9.17) is 21.1 Å². The molecule has 116 valence electrons.